The van der Waals surface area contributed by atoms with E-state index in [4.69, 9.17) is 33.7 Å². The number of hydrogen-bond donors (Lipinski definition) is 2. The van der Waals surface area contributed by atoms with E-state index >= 15 is 0 Å². The molecule has 190 valence electrons. The van der Waals surface area contributed by atoms with Gasteiger partial charge in [-0.2, -0.15) is 5.10 Å². The molecule has 37 heavy (non-hydrogen) atoms. The molecule has 0 spiro atoms. The Morgan fingerprint density at radius 2 is 1.76 bits per heavy atom. The molecule has 0 fully saturated rings. The number of ether oxygens (including phenoxy) is 1. The maximum Gasteiger partial charge on any atom is 0.272 e. The predicted molar refractivity (Wildman–Crippen MR) is 146 cm³/mol. The van der Waals surface area contributed by atoms with Crippen LogP contribution in [0.3, 0.4) is 0 Å². The van der Waals surface area contributed by atoms with Crippen LogP contribution in [0.2, 0.25) is 10.0 Å². The molecule has 0 saturated carbocycles. The Labute approximate surface area is 225 Å². The van der Waals surface area contributed by atoms with E-state index in [1.807, 2.05) is 54.6 Å². The van der Waals surface area contributed by atoms with E-state index in [1.165, 1.54) is 0 Å². The molecule has 0 radical (unpaired) electrons. The van der Waals surface area contributed by atoms with Crippen molar-refractivity contribution in [1.82, 2.24) is 15.1 Å². The summed E-state index contributed by atoms with van der Waals surface area (Å²) in [4.78, 5) is 25.6. The third-order valence-electron chi connectivity index (χ3n) is 6.05. The number of aromatic nitrogens is 2. The van der Waals surface area contributed by atoms with Crippen molar-refractivity contribution in [3.63, 3.8) is 0 Å². The molecule has 0 aliphatic rings. The number of rotatable bonds is 9. The van der Waals surface area contributed by atoms with Gasteiger partial charge in [-0.1, -0.05) is 53.5 Å². The van der Waals surface area contributed by atoms with Gasteiger partial charge in [0.05, 0.1) is 23.5 Å². The van der Waals surface area contributed by atoms with Gasteiger partial charge in [-0.25, -0.2) is 4.68 Å². The molecule has 3 aromatic carbocycles. The highest BCUT2D eigenvalue weighted by molar-refractivity contribution is 6.35. The summed E-state index contributed by atoms with van der Waals surface area (Å²) in [6, 6.07) is 21.3. The summed E-state index contributed by atoms with van der Waals surface area (Å²) in [6.07, 6.45) is 0.943. The lowest BCUT2D eigenvalue weighted by Gasteiger charge is -2.15. The molecule has 7 nitrogen and oxygen atoms in total. The van der Waals surface area contributed by atoms with E-state index in [9.17, 15) is 9.59 Å². The minimum Gasteiger partial charge on any atom is -0.497 e. The summed E-state index contributed by atoms with van der Waals surface area (Å²) >= 11 is 12.6. The molecule has 0 bridgehead atoms. The van der Waals surface area contributed by atoms with Gasteiger partial charge < -0.3 is 15.8 Å². The molecule has 9 heteroatoms. The zero-order valence-electron chi connectivity index (χ0n) is 20.4. The Hall–Kier alpha value is -3.81. The van der Waals surface area contributed by atoms with Crippen molar-refractivity contribution in [1.29, 1.82) is 0 Å². The Balaban J connectivity index is 1.71. The zero-order chi connectivity index (χ0) is 26.5. The topological polar surface area (TPSA) is 99.2 Å². The fourth-order valence-electron chi connectivity index (χ4n) is 4.09. The minimum absolute atomic E-state index is 0.155. The van der Waals surface area contributed by atoms with E-state index < -0.39 is 17.9 Å². The lowest BCUT2D eigenvalue weighted by Crippen LogP contribution is -2.45. The van der Waals surface area contributed by atoms with E-state index in [0.29, 0.717) is 45.6 Å². The molecule has 2 amide bonds. The van der Waals surface area contributed by atoms with Crippen molar-refractivity contribution in [3.8, 4) is 22.7 Å². The van der Waals surface area contributed by atoms with Gasteiger partial charge in [-0.3, -0.25) is 9.59 Å². The van der Waals surface area contributed by atoms with Gasteiger partial charge in [0.1, 0.15) is 11.8 Å². The van der Waals surface area contributed by atoms with Gasteiger partial charge in [0.25, 0.3) is 5.91 Å². The summed E-state index contributed by atoms with van der Waals surface area (Å²) < 4.78 is 6.89. The fourth-order valence-corrected chi connectivity index (χ4v) is 4.58. The van der Waals surface area contributed by atoms with Gasteiger partial charge in [0, 0.05) is 16.1 Å². The summed E-state index contributed by atoms with van der Waals surface area (Å²) in [7, 11) is 1.59. The molecule has 1 unspecified atom stereocenters. The van der Waals surface area contributed by atoms with Crippen molar-refractivity contribution in [2.24, 2.45) is 5.73 Å². The van der Waals surface area contributed by atoms with Crippen LogP contribution < -0.4 is 15.8 Å². The summed E-state index contributed by atoms with van der Waals surface area (Å²) in [5, 5.41) is 8.23. The number of carbonyl (C=O) groups is 2. The maximum absolute atomic E-state index is 13.4. The highest BCUT2D eigenvalue weighted by atomic mass is 35.5. The van der Waals surface area contributed by atoms with Crippen molar-refractivity contribution in [3.05, 3.63) is 99.7 Å². The Kier molecular flexibility index (Phi) is 8.16. The van der Waals surface area contributed by atoms with Crippen LogP contribution in [-0.2, 0) is 11.2 Å². The molecule has 1 aromatic heterocycles. The van der Waals surface area contributed by atoms with Crippen LogP contribution in [0.1, 0.15) is 28.0 Å². The lowest BCUT2D eigenvalue weighted by atomic mass is 10.0. The first-order valence-electron chi connectivity index (χ1n) is 11.6. The monoisotopic (exact) mass is 536 g/mol. The number of nitrogens with zero attached hydrogens (tertiary/aromatic N) is 2. The van der Waals surface area contributed by atoms with Crippen LogP contribution in [0.4, 0.5) is 0 Å². The number of aryl methyl sites for hydroxylation is 1. The van der Waals surface area contributed by atoms with Crippen molar-refractivity contribution < 1.29 is 14.3 Å². The van der Waals surface area contributed by atoms with Crippen LogP contribution in [0.15, 0.2) is 72.8 Å². The summed E-state index contributed by atoms with van der Waals surface area (Å²) in [5.74, 6) is -0.428. The van der Waals surface area contributed by atoms with Gasteiger partial charge in [-0.15, -0.1) is 0 Å². The van der Waals surface area contributed by atoms with E-state index in [0.717, 1.165) is 11.1 Å². The average Bonchev–Trinajstić information content (AvgIpc) is 3.23. The fraction of sp³-hybridized carbons (Fsp3) is 0.179. The second kappa shape index (κ2) is 11.5. The van der Waals surface area contributed by atoms with Gasteiger partial charge in [-0.05, 0) is 67.8 Å². The molecule has 0 aliphatic carbocycles. The number of hydrogen-bond acceptors (Lipinski definition) is 4. The number of nitrogens with two attached hydrogens (primary N) is 1. The van der Waals surface area contributed by atoms with E-state index in [2.05, 4.69) is 10.4 Å². The maximum atomic E-state index is 13.4. The summed E-state index contributed by atoms with van der Waals surface area (Å²) in [5.41, 5.74) is 9.45. The lowest BCUT2D eigenvalue weighted by molar-refractivity contribution is -0.120. The predicted octanol–water partition coefficient (Wildman–Crippen LogP) is 5.38. The number of carbonyl (C=O) groups excluding carboxylic acids is 2. The second-order valence-electron chi connectivity index (χ2n) is 8.51. The average molecular weight is 537 g/mol. The number of nitrogens with one attached hydrogen (secondary N) is 1. The van der Waals surface area contributed by atoms with Crippen LogP contribution in [-0.4, -0.2) is 34.7 Å². The molecular formula is C28H26Cl2N4O3. The van der Waals surface area contributed by atoms with Gasteiger partial charge >= 0.3 is 0 Å². The number of halogens is 2. The normalized spacial score (nSPS) is 11.7. The Morgan fingerprint density at radius 3 is 2.38 bits per heavy atom. The first-order valence-corrected chi connectivity index (χ1v) is 12.4. The SMILES string of the molecule is COc1ccc(-c2c(C)c(C(=O)NC(CCc3ccccc3)C(N)=O)nn2-c2ccc(Cl)cc2Cl)cc1. The van der Waals surface area contributed by atoms with E-state index in [-0.39, 0.29) is 5.69 Å². The highest BCUT2D eigenvalue weighted by Crippen LogP contribution is 2.33. The number of methoxy groups -OCH3 is 1. The molecule has 1 heterocycles. The number of amides is 2. The molecule has 4 rings (SSSR count). The Bertz CT molecular complexity index is 1420. The molecule has 4 aromatic rings. The third-order valence-corrected chi connectivity index (χ3v) is 6.59. The molecule has 1 atom stereocenters. The zero-order valence-corrected chi connectivity index (χ0v) is 21.9. The van der Waals surface area contributed by atoms with E-state index in [1.54, 1.807) is 36.9 Å². The second-order valence-corrected chi connectivity index (χ2v) is 9.35. The van der Waals surface area contributed by atoms with Crippen LogP contribution in [0.25, 0.3) is 16.9 Å². The summed E-state index contributed by atoms with van der Waals surface area (Å²) in [6.45, 7) is 1.80. The first kappa shape index (κ1) is 26.3. The Morgan fingerprint density at radius 1 is 1.05 bits per heavy atom. The molecule has 0 aliphatic heterocycles. The number of benzene rings is 3. The minimum atomic E-state index is -0.860. The van der Waals surface area contributed by atoms with Gasteiger partial charge in [0.15, 0.2) is 5.69 Å². The standard InChI is InChI=1S/C28H26Cl2N4O3/c1-17-25(28(36)32-23(27(31)35)14-8-18-6-4-3-5-7-18)33-34(24-15-11-20(29)16-22(24)30)26(17)19-9-12-21(37-2)13-10-19/h3-7,9-13,15-16,23H,8,14H2,1-2H3,(H2,31,35)(H,32,36). The molecular weight excluding hydrogens is 511 g/mol. The number of primary amides is 1. The third kappa shape index (κ3) is 5.96. The van der Waals surface area contributed by atoms with Crippen molar-refractivity contribution in [2.45, 2.75) is 25.8 Å². The first-order chi connectivity index (χ1) is 17.8. The van der Waals surface area contributed by atoms with Crippen LogP contribution in [0.5, 0.6) is 5.75 Å². The smallest absolute Gasteiger partial charge is 0.272 e. The van der Waals surface area contributed by atoms with Crippen LogP contribution >= 0.6 is 23.2 Å². The molecule has 0 saturated heterocycles. The van der Waals surface area contributed by atoms with Gasteiger partial charge in [0.2, 0.25) is 5.91 Å². The van der Waals surface area contributed by atoms with Crippen molar-refractivity contribution >= 4 is 35.0 Å². The van der Waals surface area contributed by atoms with Crippen molar-refractivity contribution in [2.75, 3.05) is 7.11 Å². The largest absolute Gasteiger partial charge is 0.497 e. The highest BCUT2D eigenvalue weighted by Gasteiger charge is 2.26. The quantitative estimate of drug-likeness (QED) is 0.300. The molecule has 3 N–H and O–H groups in total. The van der Waals surface area contributed by atoms with Crippen LogP contribution in [0, 0.1) is 6.92 Å².